The Morgan fingerprint density at radius 2 is 2.04 bits per heavy atom. The van der Waals surface area contributed by atoms with Gasteiger partial charge < -0.3 is 4.74 Å². The molecule has 0 saturated heterocycles. The van der Waals surface area contributed by atoms with Crippen molar-refractivity contribution < 1.29 is 14.1 Å². The molecule has 0 radical (unpaired) electrons. The summed E-state index contributed by atoms with van der Waals surface area (Å²) in [5.74, 6) is 0.274. The van der Waals surface area contributed by atoms with E-state index in [1.165, 1.54) is 36.7 Å². The van der Waals surface area contributed by atoms with Crippen LogP contribution in [0, 0.1) is 15.9 Å². The maximum Gasteiger partial charge on any atom is 0.313 e. The van der Waals surface area contributed by atoms with Crippen molar-refractivity contribution in [1.82, 2.24) is 4.98 Å². The number of nitrogens with one attached hydrogen (secondary N) is 1. The van der Waals surface area contributed by atoms with E-state index >= 15 is 0 Å². The zero-order chi connectivity index (χ0) is 19.9. The van der Waals surface area contributed by atoms with Crippen LogP contribution in [0.25, 0.3) is 0 Å². The Kier molecular flexibility index (Phi) is 6.28. The highest BCUT2D eigenvalue weighted by molar-refractivity contribution is 9.10. The second-order valence-corrected chi connectivity index (χ2v) is 6.51. The van der Waals surface area contributed by atoms with Gasteiger partial charge in [-0.05, 0) is 42.0 Å². The van der Waals surface area contributed by atoms with E-state index in [2.05, 4.69) is 31.4 Å². The minimum absolute atomic E-state index is 0.0347. The number of nitrogens with zero attached hydrogens (tertiary/aromatic N) is 3. The summed E-state index contributed by atoms with van der Waals surface area (Å²) in [6, 6.07) is 14.2. The first-order valence-corrected chi connectivity index (χ1v) is 8.87. The van der Waals surface area contributed by atoms with E-state index in [1.807, 2.05) is 6.07 Å². The molecule has 0 amide bonds. The van der Waals surface area contributed by atoms with E-state index in [1.54, 1.807) is 24.3 Å². The first kappa shape index (κ1) is 19.4. The fraction of sp³-hybridized carbons (Fsp3) is 0.0526. The van der Waals surface area contributed by atoms with Crippen LogP contribution in [0.15, 0.2) is 70.4 Å². The number of nitro groups is 1. The molecule has 0 spiro atoms. The van der Waals surface area contributed by atoms with Gasteiger partial charge in [0.1, 0.15) is 18.2 Å². The van der Waals surface area contributed by atoms with Crippen LogP contribution in [0.2, 0.25) is 0 Å². The Labute approximate surface area is 168 Å². The summed E-state index contributed by atoms with van der Waals surface area (Å²) in [4.78, 5) is 14.4. The predicted octanol–water partition coefficient (Wildman–Crippen LogP) is 4.92. The molecular formula is C19H14BrFN4O3. The molecule has 0 unspecified atom stereocenters. The standard InChI is InChI=1S/C19H14BrFN4O3/c20-15-5-8-18(28-12-13-3-6-16(21)7-4-13)14(10-15)11-23-24-19-17(25(26)27)2-1-9-22-19/h1-11H,12H2,(H,22,24)/b23-11-. The predicted molar refractivity (Wildman–Crippen MR) is 107 cm³/mol. The highest BCUT2D eigenvalue weighted by atomic mass is 79.9. The van der Waals surface area contributed by atoms with Crippen molar-refractivity contribution in [3.8, 4) is 5.75 Å². The zero-order valence-corrected chi connectivity index (χ0v) is 16.0. The Balaban J connectivity index is 1.74. The minimum Gasteiger partial charge on any atom is -0.488 e. The summed E-state index contributed by atoms with van der Waals surface area (Å²) in [7, 11) is 0. The van der Waals surface area contributed by atoms with Gasteiger partial charge in [0.25, 0.3) is 0 Å². The average molecular weight is 445 g/mol. The number of hydrogen-bond donors (Lipinski definition) is 1. The van der Waals surface area contributed by atoms with E-state index in [0.29, 0.717) is 11.3 Å². The summed E-state index contributed by atoms with van der Waals surface area (Å²) in [6.45, 7) is 0.252. The number of anilines is 1. The number of hydrazone groups is 1. The van der Waals surface area contributed by atoms with E-state index in [0.717, 1.165) is 10.0 Å². The zero-order valence-electron chi connectivity index (χ0n) is 14.4. The molecule has 3 rings (SSSR count). The van der Waals surface area contributed by atoms with E-state index < -0.39 is 4.92 Å². The van der Waals surface area contributed by atoms with Crippen LogP contribution in [0.3, 0.4) is 0 Å². The van der Waals surface area contributed by atoms with Gasteiger partial charge in [0.05, 0.1) is 11.1 Å². The van der Waals surface area contributed by atoms with Gasteiger partial charge in [0.2, 0.25) is 5.82 Å². The summed E-state index contributed by atoms with van der Waals surface area (Å²) in [5.41, 5.74) is 3.85. The Morgan fingerprint density at radius 1 is 1.25 bits per heavy atom. The molecule has 0 atom stereocenters. The third kappa shape index (κ3) is 5.10. The first-order chi connectivity index (χ1) is 13.5. The average Bonchev–Trinajstić information content (AvgIpc) is 2.69. The van der Waals surface area contributed by atoms with Crippen molar-refractivity contribution in [3.05, 3.63) is 92.3 Å². The van der Waals surface area contributed by atoms with Crippen molar-refractivity contribution >= 4 is 33.6 Å². The highest BCUT2D eigenvalue weighted by Crippen LogP contribution is 2.24. The molecule has 7 nitrogen and oxygen atoms in total. The van der Waals surface area contributed by atoms with Crippen LogP contribution >= 0.6 is 15.9 Å². The molecule has 0 bridgehead atoms. The van der Waals surface area contributed by atoms with Crippen molar-refractivity contribution in [1.29, 1.82) is 0 Å². The minimum atomic E-state index is -0.540. The maximum absolute atomic E-state index is 13.0. The van der Waals surface area contributed by atoms with Gasteiger partial charge >= 0.3 is 5.69 Å². The number of hydrogen-bond acceptors (Lipinski definition) is 6. The van der Waals surface area contributed by atoms with E-state index in [9.17, 15) is 14.5 Å². The molecule has 0 aliphatic heterocycles. The Bertz CT molecular complexity index is 1010. The van der Waals surface area contributed by atoms with Crippen molar-refractivity contribution in [2.75, 3.05) is 5.43 Å². The Hall–Kier alpha value is -3.33. The van der Waals surface area contributed by atoms with Crippen molar-refractivity contribution in [3.63, 3.8) is 0 Å². The summed E-state index contributed by atoms with van der Waals surface area (Å²) >= 11 is 3.39. The van der Waals surface area contributed by atoms with Gasteiger partial charge in [-0.1, -0.05) is 28.1 Å². The van der Waals surface area contributed by atoms with Crippen LogP contribution in [-0.4, -0.2) is 16.1 Å². The molecule has 1 N–H and O–H groups in total. The molecule has 28 heavy (non-hydrogen) atoms. The van der Waals surface area contributed by atoms with Gasteiger partial charge in [-0.2, -0.15) is 5.10 Å². The quantitative estimate of drug-likeness (QED) is 0.317. The SMILES string of the molecule is O=[N+]([O-])c1cccnc1N/N=C\c1cc(Br)ccc1OCc1ccc(F)cc1. The van der Waals surface area contributed by atoms with E-state index in [4.69, 9.17) is 4.74 Å². The van der Waals surface area contributed by atoms with Crippen LogP contribution in [0.5, 0.6) is 5.75 Å². The van der Waals surface area contributed by atoms with Gasteiger partial charge in [-0.25, -0.2) is 9.37 Å². The normalized spacial score (nSPS) is 10.8. The Morgan fingerprint density at radius 3 is 2.79 bits per heavy atom. The van der Waals surface area contributed by atoms with Crippen molar-refractivity contribution in [2.45, 2.75) is 6.61 Å². The van der Waals surface area contributed by atoms with Crippen LogP contribution in [-0.2, 0) is 6.61 Å². The van der Waals surface area contributed by atoms with Crippen molar-refractivity contribution in [2.24, 2.45) is 5.10 Å². The molecule has 2 aromatic carbocycles. The monoisotopic (exact) mass is 444 g/mol. The lowest BCUT2D eigenvalue weighted by Crippen LogP contribution is -2.01. The van der Waals surface area contributed by atoms with Gasteiger partial charge in [-0.3, -0.25) is 15.5 Å². The molecule has 1 aromatic heterocycles. The number of halogens is 2. The summed E-state index contributed by atoms with van der Waals surface area (Å²) in [5, 5.41) is 15.0. The molecule has 9 heteroatoms. The molecule has 1 heterocycles. The van der Waals surface area contributed by atoms with Crippen LogP contribution < -0.4 is 10.2 Å². The second kappa shape index (κ2) is 9.05. The number of aromatic nitrogens is 1. The third-order valence-electron chi connectivity index (χ3n) is 3.64. The number of rotatable bonds is 7. The highest BCUT2D eigenvalue weighted by Gasteiger charge is 2.13. The number of benzene rings is 2. The summed E-state index contributed by atoms with van der Waals surface area (Å²) in [6.07, 6.45) is 2.91. The summed E-state index contributed by atoms with van der Waals surface area (Å²) < 4.78 is 19.6. The second-order valence-electron chi connectivity index (χ2n) is 5.60. The van der Waals surface area contributed by atoms with E-state index in [-0.39, 0.29) is 23.9 Å². The lowest BCUT2D eigenvalue weighted by atomic mass is 10.2. The fourth-order valence-corrected chi connectivity index (χ4v) is 2.67. The molecule has 0 aliphatic rings. The smallest absolute Gasteiger partial charge is 0.313 e. The molecule has 3 aromatic rings. The largest absolute Gasteiger partial charge is 0.488 e. The molecular weight excluding hydrogens is 431 g/mol. The van der Waals surface area contributed by atoms with Crippen LogP contribution in [0.4, 0.5) is 15.9 Å². The maximum atomic E-state index is 13.0. The molecule has 0 saturated carbocycles. The number of ether oxygens (including phenoxy) is 1. The lowest BCUT2D eigenvalue weighted by Gasteiger charge is -2.10. The van der Waals surface area contributed by atoms with Gasteiger partial charge in [0, 0.05) is 22.3 Å². The van der Waals surface area contributed by atoms with Gasteiger partial charge in [-0.15, -0.1) is 0 Å². The van der Waals surface area contributed by atoms with Gasteiger partial charge in [0.15, 0.2) is 0 Å². The first-order valence-electron chi connectivity index (χ1n) is 8.08. The molecule has 0 fully saturated rings. The number of pyridine rings is 1. The molecule has 142 valence electrons. The fourth-order valence-electron chi connectivity index (χ4n) is 2.29. The third-order valence-corrected chi connectivity index (χ3v) is 4.13. The molecule has 0 aliphatic carbocycles. The topological polar surface area (TPSA) is 89.7 Å². The lowest BCUT2D eigenvalue weighted by molar-refractivity contribution is -0.384. The van der Waals surface area contributed by atoms with Crippen LogP contribution in [0.1, 0.15) is 11.1 Å².